The van der Waals surface area contributed by atoms with Crippen LogP contribution in [0.15, 0.2) is 42.7 Å². The zero-order valence-corrected chi connectivity index (χ0v) is 10.7. The molecule has 1 aliphatic rings. The number of hydrogen-bond donors (Lipinski definition) is 1. The molecule has 19 heavy (non-hydrogen) atoms. The lowest BCUT2D eigenvalue weighted by atomic mass is 9.94. The summed E-state index contributed by atoms with van der Waals surface area (Å²) in [7, 11) is 0. The van der Waals surface area contributed by atoms with Gasteiger partial charge in [-0.2, -0.15) is 0 Å². The van der Waals surface area contributed by atoms with Gasteiger partial charge in [0.2, 0.25) is 0 Å². The molecule has 1 N–H and O–H groups in total. The molecule has 2 aromatic rings. The van der Waals surface area contributed by atoms with Crippen molar-refractivity contribution < 1.29 is 9.90 Å². The summed E-state index contributed by atoms with van der Waals surface area (Å²) in [6, 6.07) is 10.0. The lowest BCUT2D eigenvalue weighted by Crippen LogP contribution is -2.00. The van der Waals surface area contributed by atoms with Crippen LogP contribution in [0.25, 0.3) is 11.1 Å². The third-order valence-corrected chi connectivity index (χ3v) is 3.80. The van der Waals surface area contributed by atoms with Gasteiger partial charge in [-0.15, -0.1) is 0 Å². The zero-order chi connectivity index (χ0) is 13.4. The summed E-state index contributed by atoms with van der Waals surface area (Å²) in [5, 5.41) is 9.09. The highest BCUT2D eigenvalue weighted by Crippen LogP contribution is 2.50. The van der Waals surface area contributed by atoms with Gasteiger partial charge >= 0.3 is 5.97 Å². The van der Waals surface area contributed by atoms with Crippen molar-refractivity contribution in [3.63, 3.8) is 0 Å². The lowest BCUT2D eigenvalue weighted by molar-refractivity contribution is -0.138. The average molecular weight is 253 g/mol. The van der Waals surface area contributed by atoms with Crippen LogP contribution in [0.1, 0.15) is 23.5 Å². The molecule has 2 atom stereocenters. The van der Waals surface area contributed by atoms with Crippen molar-refractivity contribution in [2.75, 3.05) is 0 Å². The first-order valence-electron chi connectivity index (χ1n) is 6.41. The standard InChI is InChI=1S/C16H15NO2/c1-10-6-7-17-9-15(10)12-5-3-2-4-11(12)13-8-14(13)16(18)19/h2-7,9,13-14H,8H2,1H3,(H,18,19)/t13-,14+/m0/s1. The van der Waals surface area contributed by atoms with E-state index in [9.17, 15) is 4.79 Å². The van der Waals surface area contributed by atoms with Gasteiger partial charge in [0.1, 0.15) is 0 Å². The van der Waals surface area contributed by atoms with Crippen LogP contribution in [-0.4, -0.2) is 16.1 Å². The molecule has 1 heterocycles. The predicted octanol–water partition coefficient (Wildman–Crippen LogP) is 3.25. The van der Waals surface area contributed by atoms with Crippen LogP contribution in [0, 0.1) is 12.8 Å². The Morgan fingerprint density at radius 3 is 2.74 bits per heavy atom. The molecule has 96 valence electrons. The molecule has 1 aliphatic carbocycles. The van der Waals surface area contributed by atoms with E-state index in [1.165, 1.54) is 0 Å². The molecule has 1 fully saturated rings. The summed E-state index contributed by atoms with van der Waals surface area (Å²) >= 11 is 0. The van der Waals surface area contributed by atoms with Crippen molar-refractivity contribution >= 4 is 5.97 Å². The van der Waals surface area contributed by atoms with E-state index >= 15 is 0 Å². The van der Waals surface area contributed by atoms with E-state index in [0.29, 0.717) is 0 Å². The maximum atomic E-state index is 11.0. The van der Waals surface area contributed by atoms with Crippen LogP contribution in [0.5, 0.6) is 0 Å². The summed E-state index contributed by atoms with van der Waals surface area (Å²) in [5.41, 5.74) is 4.50. The minimum Gasteiger partial charge on any atom is -0.481 e. The number of nitrogens with zero attached hydrogens (tertiary/aromatic N) is 1. The zero-order valence-electron chi connectivity index (χ0n) is 10.7. The van der Waals surface area contributed by atoms with Crippen molar-refractivity contribution in [2.24, 2.45) is 5.92 Å². The second-order valence-corrected chi connectivity index (χ2v) is 5.06. The van der Waals surface area contributed by atoms with Gasteiger partial charge in [-0.25, -0.2) is 0 Å². The number of carboxylic acids is 1. The summed E-state index contributed by atoms with van der Waals surface area (Å²) in [6.45, 7) is 2.05. The first kappa shape index (κ1) is 11.9. The van der Waals surface area contributed by atoms with E-state index < -0.39 is 5.97 Å². The molecule has 0 radical (unpaired) electrons. The molecule has 1 aromatic heterocycles. The smallest absolute Gasteiger partial charge is 0.307 e. The Labute approximate surface area is 111 Å². The van der Waals surface area contributed by atoms with E-state index in [-0.39, 0.29) is 11.8 Å². The van der Waals surface area contributed by atoms with Crippen LogP contribution in [0.3, 0.4) is 0 Å². The van der Waals surface area contributed by atoms with Crippen LogP contribution in [-0.2, 0) is 4.79 Å². The second kappa shape index (κ2) is 4.50. The number of benzene rings is 1. The number of carbonyl (C=O) groups is 1. The van der Waals surface area contributed by atoms with Gasteiger partial charge in [-0.1, -0.05) is 24.3 Å². The molecule has 3 rings (SSSR count). The van der Waals surface area contributed by atoms with Gasteiger partial charge in [0.25, 0.3) is 0 Å². The Morgan fingerprint density at radius 1 is 1.26 bits per heavy atom. The first-order chi connectivity index (χ1) is 9.18. The van der Waals surface area contributed by atoms with Crippen LogP contribution < -0.4 is 0 Å². The molecule has 0 saturated heterocycles. The molecule has 3 heteroatoms. The molecule has 0 spiro atoms. The highest BCUT2D eigenvalue weighted by atomic mass is 16.4. The molecule has 0 amide bonds. The molecule has 1 aromatic carbocycles. The van der Waals surface area contributed by atoms with Crippen LogP contribution >= 0.6 is 0 Å². The van der Waals surface area contributed by atoms with E-state index in [4.69, 9.17) is 5.11 Å². The second-order valence-electron chi connectivity index (χ2n) is 5.06. The Bertz CT molecular complexity index is 636. The van der Waals surface area contributed by atoms with Crippen molar-refractivity contribution in [2.45, 2.75) is 19.3 Å². The SMILES string of the molecule is Cc1ccncc1-c1ccccc1[C@@H]1C[C@H]1C(=O)O. The Morgan fingerprint density at radius 2 is 2.05 bits per heavy atom. The van der Waals surface area contributed by atoms with Gasteiger partial charge in [0.15, 0.2) is 0 Å². The summed E-state index contributed by atoms with van der Waals surface area (Å²) in [6.07, 6.45) is 4.37. The molecule has 1 saturated carbocycles. The third kappa shape index (κ3) is 2.12. The highest BCUT2D eigenvalue weighted by molar-refractivity contribution is 5.78. The molecule has 0 aliphatic heterocycles. The van der Waals surface area contributed by atoms with Gasteiger partial charge < -0.3 is 5.11 Å². The topological polar surface area (TPSA) is 50.2 Å². The van der Waals surface area contributed by atoms with E-state index in [2.05, 4.69) is 18.0 Å². The number of rotatable bonds is 3. The number of carboxylic acid groups (broad SMARTS) is 1. The number of aryl methyl sites for hydroxylation is 1. The van der Waals surface area contributed by atoms with E-state index in [1.807, 2.05) is 30.5 Å². The van der Waals surface area contributed by atoms with Crippen LogP contribution in [0.4, 0.5) is 0 Å². The predicted molar refractivity (Wildman–Crippen MR) is 72.9 cm³/mol. The summed E-state index contributed by atoms with van der Waals surface area (Å²) < 4.78 is 0. The van der Waals surface area contributed by atoms with Gasteiger partial charge in [-0.3, -0.25) is 9.78 Å². The average Bonchev–Trinajstić information content (AvgIpc) is 3.20. The number of aromatic nitrogens is 1. The fourth-order valence-electron chi connectivity index (χ4n) is 2.62. The molecule has 0 unspecified atom stereocenters. The fourth-order valence-corrected chi connectivity index (χ4v) is 2.62. The van der Waals surface area contributed by atoms with Crippen molar-refractivity contribution in [1.29, 1.82) is 0 Å². The van der Waals surface area contributed by atoms with Crippen molar-refractivity contribution in [1.82, 2.24) is 4.98 Å². The maximum Gasteiger partial charge on any atom is 0.307 e. The number of aliphatic carboxylic acids is 1. The summed E-state index contributed by atoms with van der Waals surface area (Å²) in [5.74, 6) is -0.769. The van der Waals surface area contributed by atoms with E-state index in [1.54, 1.807) is 6.20 Å². The number of pyridine rings is 1. The van der Waals surface area contributed by atoms with Crippen molar-refractivity contribution in [3.8, 4) is 11.1 Å². The van der Waals surface area contributed by atoms with Crippen LogP contribution in [0.2, 0.25) is 0 Å². The van der Waals surface area contributed by atoms with Crippen molar-refractivity contribution in [3.05, 3.63) is 53.9 Å². The lowest BCUT2D eigenvalue weighted by Gasteiger charge is -2.11. The Kier molecular flexibility index (Phi) is 2.82. The molecule has 3 nitrogen and oxygen atoms in total. The fraction of sp³-hybridized carbons (Fsp3) is 0.250. The summed E-state index contributed by atoms with van der Waals surface area (Å²) in [4.78, 5) is 15.2. The van der Waals surface area contributed by atoms with Gasteiger partial charge in [0, 0.05) is 18.0 Å². The minimum absolute atomic E-state index is 0.147. The quantitative estimate of drug-likeness (QED) is 0.913. The maximum absolute atomic E-state index is 11.0. The Hall–Kier alpha value is -2.16. The van der Waals surface area contributed by atoms with E-state index in [0.717, 1.165) is 28.7 Å². The monoisotopic (exact) mass is 253 g/mol. The first-order valence-corrected chi connectivity index (χ1v) is 6.41. The molecular weight excluding hydrogens is 238 g/mol. The highest BCUT2D eigenvalue weighted by Gasteiger charge is 2.45. The Balaban J connectivity index is 2.04. The third-order valence-electron chi connectivity index (χ3n) is 3.80. The normalized spacial score (nSPS) is 21.1. The molecule has 0 bridgehead atoms. The largest absolute Gasteiger partial charge is 0.481 e. The minimum atomic E-state index is -0.692. The molecular formula is C16H15NO2. The van der Waals surface area contributed by atoms with Gasteiger partial charge in [0.05, 0.1) is 5.92 Å². The van der Waals surface area contributed by atoms with Gasteiger partial charge in [-0.05, 0) is 42.0 Å². The number of hydrogen-bond acceptors (Lipinski definition) is 2.